The number of rotatable bonds is 2. The van der Waals surface area contributed by atoms with Crippen LogP contribution < -0.4 is 0 Å². The zero-order chi connectivity index (χ0) is 14.8. The number of nitriles is 1. The molecule has 0 saturated heterocycles. The monoisotopic (exact) mass is 263 g/mol. The second-order valence-corrected chi connectivity index (χ2v) is 5.85. The third kappa shape index (κ3) is 2.95. The van der Waals surface area contributed by atoms with Gasteiger partial charge in [0.2, 0.25) is 0 Å². The smallest absolute Gasteiger partial charge is 0.193 e. The number of hydrogen-bond donors (Lipinski definition) is 0. The molecule has 20 heavy (non-hydrogen) atoms. The van der Waals surface area contributed by atoms with Crippen molar-refractivity contribution in [3.8, 4) is 6.07 Å². The number of hydrogen-bond acceptors (Lipinski definition) is 2. The van der Waals surface area contributed by atoms with Crippen molar-refractivity contribution in [3.05, 3.63) is 70.8 Å². The van der Waals surface area contributed by atoms with Crippen LogP contribution in [0.3, 0.4) is 0 Å². The van der Waals surface area contributed by atoms with Crippen LogP contribution in [0.2, 0.25) is 0 Å². The van der Waals surface area contributed by atoms with E-state index in [9.17, 15) is 4.79 Å². The lowest BCUT2D eigenvalue weighted by atomic mass is 9.86. The molecule has 0 heterocycles. The van der Waals surface area contributed by atoms with E-state index in [2.05, 4.69) is 20.8 Å². The molecule has 2 rings (SSSR count). The maximum absolute atomic E-state index is 12.3. The molecule has 0 radical (unpaired) electrons. The van der Waals surface area contributed by atoms with E-state index in [4.69, 9.17) is 5.26 Å². The quantitative estimate of drug-likeness (QED) is 0.766. The van der Waals surface area contributed by atoms with Gasteiger partial charge in [0.1, 0.15) is 0 Å². The molecule has 0 bridgehead atoms. The van der Waals surface area contributed by atoms with Crippen LogP contribution in [0.4, 0.5) is 0 Å². The van der Waals surface area contributed by atoms with E-state index in [1.165, 1.54) is 5.56 Å². The highest BCUT2D eigenvalue weighted by atomic mass is 16.1. The first-order chi connectivity index (χ1) is 9.41. The van der Waals surface area contributed by atoms with Crippen molar-refractivity contribution >= 4 is 5.78 Å². The van der Waals surface area contributed by atoms with E-state index in [1.54, 1.807) is 24.3 Å². The van der Waals surface area contributed by atoms with Crippen molar-refractivity contribution < 1.29 is 4.79 Å². The normalized spacial score (nSPS) is 10.9. The number of benzene rings is 2. The van der Waals surface area contributed by atoms with Crippen LogP contribution in [0.15, 0.2) is 48.5 Å². The molecule has 0 aromatic heterocycles. The minimum absolute atomic E-state index is 0.0186. The summed E-state index contributed by atoms with van der Waals surface area (Å²) in [5.41, 5.74) is 3.12. The summed E-state index contributed by atoms with van der Waals surface area (Å²) in [7, 11) is 0. The van der Waals surface area contributed by atoms with Gasteiger partial charge in [-0.25, -0.2) is 0 Å². The van der Waals surface area contributed by atoms with E-state index in [0.717, 1.165) is 0 Å². The van der Waals surface area contributed by atoms with Crippen molar-refractivity contribution in [2.24, 2.45) is 0 Å². The minimum Gasteiger partial charge on any atom is -0.289 e. The second kappa shape index (κ2) is 5.30. The van der Waals surface area contributed by atoms with Crippen molar-refractivity contribution in [1.29, 1.82) is 5.26 Å². The molecule has 0 aliphatic heterocycles. The first-order valence-corrected chi connectivity index (χ1v) is 6.57. The lowest BCUT2D eigenvalue weighted by Crippen LogP contribution is -2.11. The van der Waals surface area contributed by atoms with E-state index >= 15 is 0 Å². The third-order valence-corrected chi connectivity index (χ3v) is 3.29. The number of carbonyl (C=O) groups excluding carboxylic acids is 1. The molecule has 2 heteroatoms. The highest BCUT2D eigenvalue weighted by Crippen LogP contribution is 2.23. The maximum atomic E-state index is 12.3. The summed E-state index contributed by atoms with van der Waals surface area (Å²) in [4.78, 5) is 12.3. The van der Waals surface area contributed by atoms with Crippen LogP contribution in [0.1, 0.15) is 47.8 Å². The Balaban J connectivity index is 2.27. The first kappa shape index (κ1) is 14.0. The molecule has 2 aromatic carbocycles. The molecule has 2 aromatic rings. The lowest BCUT2D eigenvalue weighted by Gasteiger charge is -2.19. The van der Waals surface area contributed by atoms with E-state index in [0.29, 0.717) is 16.7 Å². The molecule has 100 valence electrons. The Morgan fingerprint density at radius 3 is 1.75 bits per heavy atom. The number of nitrogens with zero attached hydrogens (tertiary/aromatic N) is 1. The molecule has 0 aliphatic rings. The summed E-state index contributed by atoms with van der Waals surface area (Å²) in [6, 6.07) is 16.5. The summed E-state index contributed by atoms with van der Waals surface area (Å²) in [6.07, 6.45) is 0. The van der Waals surface area contributed by atoms with Crippen LogP contribution in [0, 0.1) is 11.3 Å². The first-order valence-electron chi connectivity index (χ1n) is 6.57. The van der Waals surface area contributed by atoms with E-state index < -0.39 is 0 Å². The molecule has 0 unspecified atom stereocenters. The fraction of sp³-hybridized carbons (Fsp3) is 0.222. The van der Waals surface area contributed by atoms with Crippen molar-refractivity contribution in [2.45, 2.75) is 26.2 Å². The minimum atomic E-state index is -0.0186. The fourth-order valence-corrected chi connectivity index (χ4v) is 1.98. The summed E-state index contributed by atoms with van der Waals surface area (Å²) >= 11 is 0. The maximum Gasteiger partial charge on any atom is 0.193 e. The highest BCUT2D eigenvalue weighted by Gasteiger charge is 2.15. The molecule has 0 N–H and O–H groups in total. The molecule has 0 atom stereocenters. The molecule has 2 nitrogen and oxygen atoms in total. The molecular formula is C18H17NO. The van der Waals surface area contributed by atoms with E-state index in [-0.39, 0.29) is 11.2 Å². The topological polar surface area (TPSA) is 40.9 Å². The highest BCUT2D eigenvalue weighted by molar-refractivity contribution is 6.09. The van der Waals surface area contributed by atoms with Crippen LogP contribution >= 0.6 is 0 Å². The van der Waals surface area contributed by atoms with Crippen LogP contribution in [-0.4, -0.2) is 5.78 Å². The Kier molecular flexibility index (Phi) is 3.72. The standard InChI is InChI=1S/C18H17NO/c1-18(2,3)16-10-8-15(9-11-16)17(20)14-6-4-13(12-19)5-7-14/h4-11H,1-3H3. The lowest BCUT2D eigenvalue weighted by molar-refractivity contribution is 0.103. The zero-order valence-electron chi connectivity index (χ0n) is 12.0. The van der Waals surface area contributed by atoms with Gasteiger partial charge in [-0.2, -0.15) is 5.26 Å². The van der Waals surface area contributed by atoms with Gasteiger partial charge in [-0.1, -0.05) is 45.0 Å². The van der Waals surface area contributed by atoms with Gasteiger partial charge < -0.3 is 0 Å². The van der Waals surface area contributed by atoms with Crippen LogP contribution in [0.25, 0.3) is 0 Å². The largest absolute Gasteiger partial charge is 0.289 e. The van der Waals surface area contributed by atoms with E-state index in [1.807, 2.05) is 30.3 Å². The predicted molar refractivity (Wildman–Crippen MR) is 79.7 cm³/mol. The van der Waals surface area contributed by atoms with Gasteiger partial charge in [-0.05, 0) is 35.2 Å². The molecule has 0 saturated carbocycles. The van der Waals surface area contributed by atoms with Gasteiger partial charge in [0, 0.05) is 11.1 Å². The molecular weight excluding hydrogens is 246 g/mol. The summed E-state index contributed by atoms with van der Waals surface area (Å²) in [5.74, 6) is -0.0186. The van der Waals surface area contributed by atoms with Crippen molar-refractivity contribution in [2.75, 3.05) is 0 Å². The number of ketones is 1. The Hall–Kier alpha value is -2.40. The van der Waals surface area contributed by atoms with Crippen LogP contribution in [0.5, 0.6) is 0 Å². The Morgan fingerprint density at radius 2 is 1.35 bits per heavy atom. The average Bonchev–Trinajstić information content (AvgIpc) is 2.46. The Morgan fingerprint density at radius 1 is 0.900 bits per heavy atom. The Labute approximate surface area is 119 Å². The SMILES string of the molecule is CC(C)(C)c1ccc(C(=O)c2ccc(C#N)cc2)cc1. The summed E-state index contributed by atoms with van der Waals surface area (Å²) in [5, 5.41) is 8.76. The summed E-state index contributed by atoms with van der Waals surface area (Å²) < 4.78 is 0. The second-order valence-electron chi connectivity index (χ2n) is 5.85. The summed E-state index contributed by atoms with van der Waals surface area (Å²) in [6.45, 7) is 6.43. The van der Waals surface area contributed by atoms with Gasteiger partial charge in [0.15, 0.2) is 5.78 Å². The van der Waals surface area contributed by atoms with Gasteiger partial charge in [-0.15, -0.1) is 0 Å². The van der Waals surface area contributed by atoms with Gasteiger partial charge in [0.25, 0.3) is 0 Å². The van der Waals surface area contributed by atoms with Gasteiger partial charge >= 0.3 is 0 Å². The molecule has 0 fully saturated rings. The Bertz CT molecular complexity index is 653. The molecule has 0 aliphatic carbocycles. The fourth-order valence-electron chi connectivity index (χ4n) is 1.98. The van der Waals surface area contributed by atoms with Crippen LogP contribution in [-0.2, 0) is 5.41 Å². The van der Waals surface area contributed by atoms with Crippen molar-refractivity contribution in [1.82, 2.24) is 0 Å². The molecule has 0 amide bonds. The number of carbonyl (C=O) groups is 1. The van der Waals surface area contributed by atoms with Crippen molar-refractivity contribution in [3.63, 3.8) is 0 Å². The zero-order valence-corrected chi connectivity index (χ0v) is 12.0. The third-order valence-electron chi connectivity index (χ3n) is 3.29. The predicted octanol–water partition coefficient (Wildman–Crippen LogP) is 4.09. The average molecular weight is 263 g/mol. The van der Waals surface area contributed by atoms with Gasteiger partial charge in [-0.3, -0.25) is 4.79 Å². The van der Waals surface area contributed by atoms with Gasteiger partial charge in [0.05, 0.1) is 11.6 Å². The molecule has 0 spiro atoms.